The maximum atomic E-state index is 12.6. The monoisotopic (exact) mass is 386 g/mol. The van der Waals surface area contributed by atoms with Crippen LogP contribution in [0, 0.1) is 6.92 Å². The molecule has 0 radical (unpaired) electrons. The maximum absolute atomic E-state index is 12.6. The summed E-state index contributed by atoms with van der Waals surface area (Å²) in [4.78, 5) is 23.7. The Kier molecular flexibility index (Phi) is 5.56. The van der Waals surface area contributed by atoms with E-state index in [1.54, 1.807) is 6.33 Å². The van der Waals surface area contributed by atoms with E-state index in [4.69, 9.17) is 0 Å². The third-order valence-electron chi connectivity index (χ3n) is 5.30. The second-order valence-electron chi connectivity index (χ2n) is 7.49. The number of benzene rings is 2. The van der Waals surface area contributed by atoms with Crippen molar-refractivity contribution in [1.29, 1.82) is 0 Å². The molecule has 1 aliphatic rings. The Hall–Kier alpha value is -3.21. The number of hydrogen-bond acceptors (Lipinski definition) is 5. The zero-order valence-electron chi connectivity index (χ0n) is 17.0. The molecule has 1 aromatic heterocycles. The lowest BCUT2D eigenvalue weighted by Gasteiger charge is -2.19. The number of unbranched alkanes of at least 4 members (excludes halogenated alkanes) is 1. The smallest absolute Gasteiger partial charge is 0.163 e. The predicted molar refractivity (Wildman–Crippen MR) is 118 cm³/mol. The van der Waals surface area contributed by atoms with Crippen molar-refractivity contribution < 1.29 is 4.79 Å². The second kappa shape index (κ2) is 8.43. The predicted octanol–water partition coefficient (Wildman–Crippen LogP) is 5.60. The van der Waals surface area contributed by atoms with Gasteiger partial charge in [0.1, 0.15) is 18.0 Å². The van der Waals surface area contributed by atoms with Crippen molar-refractivity contribution in [3.05, 3.63) is 71.5 Å². The first-order chi connectivity index (χ1) is 14.2. The molecular formula is C24H26N4O. The summed E-state index contributed by atoms with van der Waals surface area (Å²) in [6, 6.07) is 16.2. The molecule has 29 heavy (non-hydrogen) atoms. The molecule has 5 heteroatoms. The SMILES string of the molecule is CCCCC(=O)c1cccc2c1CCN2c1cc(Nc2cccc(C)c2)ncn1. The van der Waals surface area contributed by atoms with Crippen LogP contribution in [0.4, 0.5) is 23.0 Å². The standard InChI is InChI=1S/C24H26N4O/c1-3-4-11-22(29)20-9-6-10-21-19(20)12-13-28(21)24-15-23(25-16-26-24)27-18-8-5-7-17(2)14-18/h5-10,14-16H,3-4,11-13H2,1-2H3,(H,25,26,27). The zero-order valence-corrected chi connectivity index (χ0v) is 17.0. The van der Waals surface area contributed by atoms with Gasteiger partial charge in [-0.1, -0.05) is 37.6 Å². The van der Waals surface area contributed by atoms with Crippen molar-refractivity contribution in [2.45, 2.75) is 39.5 Å². The lowest BCUT2D eigenvalue weighted by atomic mass is 9.98. The molecule has 0 unspecified atom stereocenters. The van der Waals surface area contributed by atoms with Gasteiger partial charge in [0.15, 0.2) is 5.78 Å². The molecule has 0 atom stereocenters. The van der Waals surface area contributed by atoms with Crippen LogP contribution < -0.4 is 10.2 Å². The fourth-order valence-corrected chi connectivity index (χ4v) is 3.84. The molecule has 0 amide bonds. The van der Waals surface area contributed by atoms with Crippen molar-refractivity contribution in [3.63, 3.8) is 0 Å². The molecule has 1 aliphatic heterocycles. The van der Waals surface area contributed by atoms with Crippen molar-refractivity contribution in [3.8, 4) is 0 Å². The van der Waals surface area contributed by atoms with E-state index in [2.05, 4.69) is 52.2 Å². The van der Waals surface area contributed by atoms with E-state index in [0.29, 0.717) is 6.42 Å². The minimum absolute atomic E-state index is 0.245. The number of anilines is 4. The van der Waals surface area contributed by atoms with Crippen molar-refractivity contribution in [1.82, 2.24) is 9.97 Å². The molecule has 0 spiro atoms. The number of rotatable bonds is 7. The number of nitrogens with one attached hydrogen (secondary N) is 1. The number of fused-ring (bicyclic) bond motifs is 1. The van der Waals surface area contributed by atoms with E-state index in [1.807, 2.05) is 30.3 Å². The van der Waals surface area contributed by atoms with Crippen LogP contribution in [-0.4, -0.2) is 22.3 Å². The fourth-order valence-electron chi connectivity index (χ4n) is 3.84. The molecule has 1 N–H and O–H groups in total. The molecule has 0 bridgehead atoms. The van der Waals surface area contributed by atoms with E-state index in [9.17, 15) is 4.79 Å². The van der Waals surface area contributed by atoms with E-state index in [0.717, 1.165) is 59.9 Å². The van der Waals surface area contributed by atoms with Crippen LogP contribution in [-0.2, 0) is 6.42 Å². The van der Waals surface area contributed by atoms with Crippen LogP contribution in [0.5, 0.6) is 0 Å². The van der Waals surface area contributed by atoms with Crippen LogP contribution in [0.1, 0.15) is 47.7 Å². The van der Waals surface area contributed by atoms with Crippen LogP contribution in [0.3, 0.4) is 0 Å². The average Bonchev–Trinajstić information content (AvgIpc) is 3.16. The Morgan fingerprint density at radius 2 is 2.00 bits per heavy atom. The highest BCUT2D eigenvalue weighted by molar-refractivity contribution is 5.99. The van der Waals surface area contributed by atoms with Crippen LogP contribution >= 0.6 is 0 Å². The summed E-state index contributed by atoms with van der Waals surface area (Å²) in [7, 11) is 0. The Balaban J connectivity index is 1.59. The van der Waals surface area contributed by atoms with Gasteiger partial charge in [-0.3, -0.25) is 4.79 Å². The third-order valence-corrected chi connectivity index (χ3v) is 5.30. The number of carbonyl (C=O) groups is 1. The molecule has 5 nitrogen and oxygen atoms in total. The van der Waals surface area contributed by atoms with E-state index in [-0.39, 0.29) is 5.78 Å². The largest absolute Gasteiger partial charge is 0.340 e. The lowest BCUT2D eigenvalue weighted by Crippen LogP contribution is -2.15. The van der Waals surface area contributed by atoms with Crippen molar-refractivity contribution in [2.24, 2.45) is 0 Å². The summed E-state index contributed by atoms with van der Waals surface area (Å²) in [6.07, 6.45) is 5.03. The van der Waals surface area contributed by atoms with Gasteiger partial charge in [0.2, 0.25) is 0 Å². The van der Waals surface area contributed by atoms with Gasteiger partial charge in [-0.15, -0.1) is 0 Å². The van der Waals surface area contributed by atoms with Gasteiger partial charge in [0.25, 0.3) is 0 Å². The number of hydrogen-bond donors (Lipinski definition) is 1. The highest BCUT2D eigenvalue weighted by atomic mass is 16.1. The van der Waals surface area contributed by atoms with Crippen LogP contribution in [0.2, 0.25) is 0 Å². The summed E-state index contributed by atoms with van der Waals surface area (Å²) in [5.74, 6) is 1.84. The number of carbonyl (C=O) groups excluding carboxylic acids is 1. The normalized spacial score (nSPS) is 12.7. The highest BCUT2D eigenvalue weighted by Gasteiger charge is 2.25. The van der Waals surface area contributed by atoms with Gasteiger partial charge in [0, 0.05) is 36.0 Å². The van der Waals surface area contributed by atoms with Gasteiger partial charge in [-0.25, -0.2) is 9.97 Å². The molecule has 2 aromatic carbocycles. The van der Waals surface area contributed by atoms with Crippen LogP contribution in [0.25, 0.3) is 0 Å². The molecule has 0 fully saturated rings. The lowest BCUT2D eigenvalue weighted by molar-refractivity contribution is 0.0979. The Bertz CT molecular complexity index is 1030. The van der Waals surface area contributed by atoms with E-state index in [1.165, 1.54) is 5.56 Å². The van der Waals surface area contributed by atoms with Gasteiger partial charge in [-0.05, 0) is 49.1 Å². The molecule has 4 rings (SSSR count). The Morgan fingerprint density at radius 1 is 1.14 bits per heavy atom. The van der Waals surface area contributed by atoms with Crippen LogP contribution in [0.15, 0.2) is 54.9 Å². The Morgan fingerprint density at radius 3 is 2.83 bits per heavy atom. The number of aromatic nitrogens is 2. The average molecular weight is 386 g/mol. The number of Topliss-reactive ketones (excluding diaryl/α,β-unsaturated/α-hetero) is 1. The van der Waals surface area contributed by atoms with Crippen molar-refractivity contribution >= 4 is 28.8 Å². The summed E-state index contributed by atoms with van der Waals surface area (Å²) in [5.41, 5.74) is 5.27. The minimum Gasteiger partial charge on any atom is -0.340 e. The molecule has 0 saturated carbocycles. The maximum Gasteiger partial charge on any atom is 0.163 e. The fraction of sp³-hybridized carbons (Fsp3) is 0.292. The summed E-state index contributed by atoms with van der Waals surface area (Å²) < 4.78 is 0. The third kappa shape index (κ3) is 4.14. The molecular weight excluding hydrogens is 360 g/mol. The topological polar surface area (TPSA) is 58.1 Å². The summed E-state index contributed by atoms with van der Waals surface area (Å²) >= 11 is 0. The number of nitrogens with zero attached hydrogens (tertiary/aromatic N) is 3. The molecule has 3 aromatic rings. The minimum atomic E-state index is 0.245. The Labute approximate surface area is 171 Å². The van der Waals surface area contributed by atoms with Gasteiger partial charge >= 0.3 is 0 Å². The summed E-state index contributed by atoms with van der Waals surface area (Å²) in [5, 5.41) is 3.35. The highest BCUT2D eigenvalue weighted by Crippen LogP contribution is 2.36. The quantitative estimate of drug-likeness (QED) is 0.536. The zero-order chi connectivity index (χ0) is 20.2. The molecule has 148 valence electrons. The number of aryl methyl sites for hydroxylation is 1. The van der Waals surface area contributed by atoms with Gasteiger partial charge < -0.3 is 10.2 Å². The van der Waals surface area contributed by atoms with E-state index < -0.39 is 0 Å². The molecule has 0 aliphatic carbocycles. The first-order valence-corrected chi connectivity index (χ1v) is 10.2. The second-order valence-corrected chi connectivity index (χ2v) is 7.49. The summed E-state index contributed by atoms with van der Waals surface area (Å²) in [6.45, 7) is 4.99. The van der Waals surface area contributed by atoms with E-state index >= 15 is 0 Å². The van der Waals surface area contributed by atoms with Gasteiger partial charge in [-0.2, -0.15) is 0 Å². The first kappa shape index (κ1) is 19.1. The van der Waals surface area contributed by atoms with Crippen molar-refractivity contribution in [2.75, 3.05) is 16.8 Å². The molecule has 2 heterocycles. The molecule has 0 saturated heterocycles. The van der Waals surface area contributed by atoms with Gasteiger partial charge in [0.05, 0.1) is 0 Å². The first-order valence-electron chi connectivity index (χ1n) is 10.2. The number of ketones is 1.